The predicted octanol–water partition coefficient (Wildman–Crippen LogP) is 3.64. The van der Waals surface area contributed by atoms with Crippen molar-refractivity contribution in [3.05, 3.63) is 47.5 Å². The smallest absolute Gasteiger partial charge is 0.243 e. The molecule has 2 heterocycles. The highest BCUT2D eigenvalue weighted by molar-refractivity contribution is 7.89. The highest BCUT2D eigenvalue weighted by Crippen LogP contribution is 2.24. The summed E-state index contributed by atoms with van der Waals surface area (Å²) in [5, 5.41) is 11.3. The summed E-state index contributed by atoms with van der Waals surface area (Å²) in [5.41, 5.74) is 4.27. The first-order valence-electron chi connectivity index (χ1n) is 11.0. The summed E-state index contributed by atoms with van der Waals surface area (Å²) in [5.74, 6) is -0.0435. The molecule has 1 aliphatic rings. The number of anilines is 1. The zero-order chi connectivity index (χ0) is 22.7. The van der Waals surface area contributed by atoms with Gasteiger partial charge in [-0.1, -0.05) is 23.8 Å². The Morgan fingerprint density at radius 1 is 1.06 bits per heavy atom. The maximum absolute atomic E-state index is 12.9. The van der Waals surface area contributed by atoms with Gasteiger partial charge in [0.1, 0.15) is 5.52 Å². The minimum atomic E-state index is -3.51. The fourth-order valence-electron chi connectivity index (χ4n) is 4.00. The van der Waals surface area contributed by atoms with Gasteiger partial charge in [0, 0.05) is 31.7 Å². The van der Waals surface area contributed by atoms with E-state index in [-0.39, 0.29) is 10.8 Å². The number of fused-ring (bicyclic) bond motifs is 1. The molecule has 0 bridgehead atoms. The van der Waals surface area contributed by atoms with Crippen LogP contribution in [0, 0.1) is 13.8 Å². The molecular weight excluding hydrogens is 426 g/mol. The molecule has 0 unspecified atom stereocenters. The van der Waals surface area contributed by atoms with E-state index in [0.717, 1.165) is 41.6 Å². The number of benzene rings is 2. The quantitative estimate of drug-likeness (QED) is 0.587. The van der Waals surface area contributed by atoms with Gasteiger partial charge >= 0.3 is 0 Å². The van der Waals surface area contributed by atoms with E-state index >= 15 is 0 Å². The molecule has 0 spiro atoms. The summed E-state index contributed by atoms with van der Waals surface area (Å²) in [7, 11) is -3.51. The molecule has 1 fully saturated rings. The van der Waals surface area contributed by atoms with Gasteiger partial charge < -0.3 is 5.32 Å². The van der Waals surface area contributed by atoms with Gasteiger partial charge in [0.15, 0.2) is 0 Å². The molecule has 1 saturated heterocycles. The van der Waals surface area contributed by atoms with Crippen LogP contribution in [0.5, 0.6) is 0 Å². The van der Waals surface area contributed by atoms with Crippen LogP contribution in [0.3, 0.4) is 0 Å². The summed E-state index contributed by atoms with van der Waals surface area (Å²) >= 11 is 0. The van der Waals surface area contributed by atoms with Crippen molar-refractivity contribution in [2.75, 3.05) is 18.4 Å². The van der Waals surface area contributed by atoms with Crippen molar-refractivity contribution in [1.82, 2.24) is 19.3 Å². The molecule has 3 aromatic rings. The Bertz CT molecular complexity index is 1230. The lowest BCUT2D eigenvalue weighted by molar-refractivity contribution is -0.116. The minimum Gasteiger partial charge on any atom is -0.326 e. The number of nitrogens with one attached hydrogen (secondary N) is 1. The molecule has 1 aliphatic heterocycles. The van der Waals surface area contributed by atoms with Crippen LogP contribution in [0.15, 0.2) is 41.3 Å². The molecule has 8 nitrogen and oxygen atoms in total. The molecular formula is C23H29N5O3S. The molecule has 9 heteroatoms. The largest absolute Gasteiger partial charge is 0.326 e. The number of hydrogen-bond donors (Lipinski definition) is 1. The second kappa shape index (κ2) is 9.38. The first-order valence-corrected chi connectivity index (χ1v) is 12.5. The van der Waals surface area contributed by atoms with E-state index in [1.165, 1.54) is 0 Å². The normalized spacial score (nSPS) is 15.2. The lowest BCUT2D eigenvalue weighted by Crippen LogP contribution is -2.35. The van der Waals surface area contributed by atoms with Gasteiger partial charge in [-0.15, -0.1) is 5.10 Å². The highest BCUT2D eigenvalue weighted by atomic mass is 32.2. The summed E-state index contributed by atoms with van der Waals surface area (Å²) in [6.07, 6.45) is 3.82. The van der Waals surface area contributed by atoms with Gasteiger partial charge in [0.05, 0.1) is 10.4 Å². The van der Waals surface area contributed by atoms with Crippen molar-refractivity contribution in [2.45, 2.75) is 57.4 Å². The summed E-state index contributed by atoms with van der Waals surface area (Å²) in [4.78, 5) is 12.6. The van der Waals surface area contributed by atoms with Crippen molar-refractivity contribution in [3.8, 4) is 0 Å². The van der Waals surface area contributed by atoms with Crippen LogP contribution in [-0.4, -0.2) is 46.7 Å². The molecule has 0 atom stereocenters. The maximum Gasteiger partial charge on any atom is 0.243 e. The Kier molecular flexibility index (Phi) is 6.57. The molecule has 2 aromatic carbocycles. The number of nitrogens with zero attached hydrogens (tertiary/aromatic N) is 4. The Hall–Kier alpha value is -2.78. The van der Waals surface area contributed by atoms with Crippen molar-refractivity contribution in [2.24, 2.45) is 0 Å². The van der Waals surface area contributed by atoms with Gasteiger partial charge in [-0.25, -0.2) is 13.1 Å². The van der Waals surface area contributed by atoms with Crippen LogP contribution < -0.4 is 5.32 Å². The number of sulfonamides is 1. The number of amides is 1. The van der Waals surface area contributed by atoms with Crippen LogP contribution in [-0.2, 0) is 21.4 Å². The first kappa shape index (κ1) is 22.4. The fourth-order valence-corrected chi connectivity index (χ4v) is 5.54. The molecule has 1 amide bonds. The third kappa shape index (κ3) is 4.83. The molecule has 0 saturated carbocycles. The van der Waals surface area contributed by atoms with Crippen molar-refractivity contribution in [3.63, 3.8) is 0 Å². The molecule has 0 aliphatic carbocycles. The van der Waals surface area contributed by atoms with Gasteiger partial charge in [-0.05, 0) is 68.5 Å². The van der Waals surface area contributed by atoms with Crippen molar-refractivity contribution < 1.29 is 13.2 Å². The second-order valence-electron chi connectivity index (χ2n) is 8.40. The first-order chi connectivity index (χ1) is 15.3. The maximum atomic E-state index is 12.9. The molecule has 1 aromatic heterocycles. The van der Waals surface area contributed by atoms with E-state index in [0.29, 0.717) is 38.0 Å². The number of aromatic nitrogens is 3. The Morgan fingerprint density at radius 2 is 1.84 bits per heavy atom. The third-order valence-corrected chi connectivity index (χ3v) is 7.77. The van der Waals surface area contributed by atoms with E-state index in [1.807, 2.05) is 32.0 Å². The average Bonchev–Trinajstić information content (AvgIpc) is 3.19. The van der Waals surface area contributed by atoms with E-state index in [1.54, 1.807) is 27.2 Å². The molecule has 4 rings (SSSR count). The van der Waals surface area contributed by atoms with E-state index in [9.17, 15) is 13.2 Å². The number of carbonyl (C=O) groups excluding carboxylic acids is 1. The summed E-state index contributed by atoms with van der Waals surface area (Å²) in [6.45, 7) is 5.62. The molecule has 32 heavy (non-hydrogen) atoms. The molecule has 0 radical (unpaired) electrons. The van der Waals surface area contributed by atoms with E-state index in [4.69, 9.17) is 0 Å². The van der Waals surface area contributed by atoms with Crippen LogP contribution in [0.2, 0.25) is 0 Å². The predicted molar refractivity (Wildman–Crippen MR) is 124 cm³/mol. The monoisotopic (exact) mass is 455 g/mol. The van der Waals surface area contributed by atoms with Crippen LogP contribution in [0.4, 0.5) is 5.69 Å². The Morgan fingerprint density at radius 3 is 2.62 bits per heavy atom. The summed E-state index contributed by atoms with van der Waals surface area (Å²) in [6, 6.07) is 10.9. The Balaban J connectivity index is 1.39. The zero-order valence-electron chi connectivity index (χ0n) is 18.5. The van der Waals surface area contributed by atoms with Crippen LogP contribution in [0.25, 0.3) is 11.0 Å². The van der Waals surface area contributed by atoms with Crippen molar-refractivity contribution in [1.29, 1.82) is 0 Å². The van der Waals surface area contributed by atoms with E-state index < -0.39 is 10.0 Å². The SMILES string of the molecule is Cc1ccc(C)c(NC(=O)CCCn2nnc3cc(S(=O)(=O)N4CCCCC4)ccc32)c1. The number of piperidine rings is 1. The zero-order valence-corrected chi connectivity index (χ0v) is 19.4. The number of hydrogen-bond acceptors (Lipinski definition) is 5. The highest BCUT2D eigenvalue weighted by Gasteiger charge is 2.26. The van der Waals surface area contributed by atoms with E-state index in [2.05, 4.69) is 15.6 Å². The third-order valence-electron chi connectivity index (χ3n) is 5.88. The van der Waals surface area contributed by atoms with Gasteiger partial charge in [0.25, 0.3) is 0 Å². The molecule has 170 valence electrons. The number of aryl methyl sites for hydroxylation is 3. The van der Waals surface area contributed by atoms with Crippen LogP contribution in [0.1, 0.15) is 43.2 Å². The standard InChI is InChI=1S/C23H29N5O3S/c1-17-8-9-18(2)20(15-17)24-23(29)7-6-14-28-22-11-10-19(16-21(22)25-26-28)32(30,31)27-12-4-3-5-13-27/h8-11,15-16H,3-7,12-14H2,1-2H3,(H,24,29). The minimum absolute atomic E-state index is 0.0435. The number of rotatable bonds is 7. The lowest BCUT2D eigenvalue weighted by atomic mass is 10.1. The van der Waals surface area contributed by atoms with Gasteiger partial charge in [0.2, 0.25) is 15.9 Å². The second-order valence-corrected chi connectivity index (χ2v) is 10.3. The van der Waals surface area contributed by atoms with Crippen LogP contribution >= 0.6 is 0 Å². The number of carbonyl (C=O) groups is 1. The Labute approximate surface area is 188 Å². The topological polar surface area (TPSA) is 97.2 Å². The summed E-state index contributed by atoms with van der Waals surface area (Å²) < 4.78 is 29.1. The average molecular weight is 456 g/mol. The van der Waals surface area contributed by atoms with Crippen molar-refractivity contribution >= 4 is 32.7 Å². The fraction of sp³-hybridized carbons (Fsp3) is 0.435. The molecule has 1 N–H and O–H groups in total. The van der Waals surface area contributed by atoms with Gasteiger partial charge in [-0.3, -0.25) is 4.79 Å². The van der Waals surface area contributed by atoms with Gasteiger partial charge in [-0.2, -0.15) is 4.31 Å². The lowest BCUT2D eigenvalue weighted by Gasteiger charge is -2.25.